The monoisotopic (exact) mass is 345 g/mol. The lowest BCUT2D eigenvalue weighted by Gasteiger charge is -2.08. The number of hydrogen-bond acceptors (Lipinski definition) is 3. The van der Waals surface area contributed by atoms with E-state index >= 15 is 0 Å². The van der Waals surface area contributed by atoms with Gasteiger partial charge in [0.25, 0.3) is 5.56 Å². The predicted octanol–water partition coefficient (Wildman–Crippen LogP) is 3.31. The molecule has 21 heavy (non-hydrogen) atoms. The standard InChI is InChI=1S/C13H10Cl3N3O2/c1-6(14)12(21)19-13-17-10(5-11(20)18-13)8-3-2-7(15)4-9(8)16/h2-6H,1H3,(H2,17,18,19,20,21). The number of alkyl halides is 1. The van der Waals surface area contributed by atoms with Crippen LogP contribution in [0.5, 0.6) is 0 Å². The van der Waals surface area contributed by atoms with Gasteiger partial charge in [0, 0.05) is 16.7 Å². The van der Waals surface area contributed by atoms with Gasteiger partial charge in [-0.3, -0.25) is 19.9 Å². The second-order valence-corrected chi connectivity index (χ2v) is 5.71. The van der Waals surface area contributed by atoms with Gasteiger partial charge in [0.05, 0.1) is 10.7 Å². The molecule has 110 valence electrons. The average molecular weight is 347 g/mol. The van der Waals surface area contributed by atoms with E-state index in [0.717, 1.165) is 0 Å². The van der Waals surface area contributed by atoms with E-state index in [1.165, 1.54) is 13.0 Å². The van der Waals surface area contributed by atoms with E-state index in [9.17, 15) is 9.59 Å². The second kappa shape index (κ2) is 6.47. The number of halogens is 3. The fourth-order valence-electron chi connectivity index (χ4n) is 1.57. The minimum atomic E-state index is -0.752. The average Bonchev–Trinajstić information content (AvgIpc) is 2.37. The highest BCUT2D eigenvalue weighted by Crippen LogP contribution is 2.28. The fraction of sp³-hybridized carbons (Fsp3) is 0.154. The highest BCUT2D eigenvalue weighted by atomic mass is 35.5. The number of benzene rings is 1. The molecule has 1 aromatic carbocycles. The molecule has 1 atom stereocenters. The number of aromatic amines is 1. The van der Waals surface area contributed by atoms with Crippen LogP contribution in [0.2, 0.25) is 10.0 Å². The Labute approximate surface area is 135 Å². The van der Waals surface area contributed by atoms with Crippen molar-refractivity contribution in [2.45, 2.75) is 12.3 Å². The number of carbonyl (C=O) groups is 1. The third-order valence-corrected chi connectivity index (χ3v) is 3.30. The molecule has 0 bridgehead atoms. The molecule has 0 saturated carbocycles. The summed E-state index contributed by atoms with van der Waals surface area (Å²) in [5.74, 6) is -0.472. The highest BCUT2D eigenvalue weighted by Gasteiger charge is 2.13. The summed E-state index contributed by atoms with van der Waals surface area (Å²) in [5.41, 5.74) is 0.420. The van der Waals surface area contributed by atoms with Crippen LogP contribution >= 0.6 is 34.8 Å². The molecule has 0 aliphatic heterocycles. The Morgan fingerprint density at radius 2 is 2.05 bits per heavy atom. The van der Waals surface area contributed by atoms with Crippen LogP contribution in [-0.2, 0) is 4.79 Å². The quantitative estimate of drug-likeness (QED) is 0.837. The number of carbonyl (C=O) groups excluding carboxylic acids is 1. The molecule has 5 nitrogen and oxygen atoms in total. The molecule has 1 unspecified atom stereocenters. The van der Waals surface area contributed by atoms with Crippen LogP contribution in [0.15, 0.2) is 29.1 Å². The molecule has 8 heteroatoms. The first-order chi connectivity index (χ1) is 9.86. The summed E-state index contributed by atoms with van der Waals surface area (Å²) in [7, 11) is 0. The third-order valence-electron chi connectivity index (χ3n) is 2.55. The number of rotatable bonds is 3. The molecular formula is C13H10Cl3N3O2. The number of H-pyrrole nitrogens is 1. The van der Waals surface area contributed by atoms with Crippen molar-refractivity contribution in [3.63, 3.8) is 0 Å². The lowest BCUT2D eigenvalue weighted by molar-refractivity contribution is -0.115. The molecule has 0 aliphatic carbocycles. The lowest BCUT2D eigenvalue weighted by atomic mass is 10.1. The molecule has 0 fully saturated rings. The first-order valence-corrected chi connectivity index (χ1v) is 7.08. The first kappa shape index (κ1) is 15.8. The maximum absolute atomic E-state index is 11.7. The van der Waals surface area contributed by atoms with Gasteiger partial charge in [-0.1, -0.05) is 23.2 Å². The molecule has 2 rings (SSSR count). The van der Waals surface area contributed by atoms with Gasteiger partial charge in [-0.2, -0.15) is 0 Å². The highest BCUT2D eigenvalue weighted by molar-refractivity contribution is 6.36. The minimum absolute atomic E-state index is 0.000941. The van der Waals surface area contributed by atoms with Gasteiger partial charge in [-0.25, -0.2) is 4.98 Å². The van der Waals surface area contributed by atoms with E-state index in [1.807, 2.05) is 0 Å². The molecule has 2 aromatic rings. The van der Waals surface area contributed by atoms with E-state index < -0.39 is 16.8 Å². The molecule has 2 N–H and O–H groups in total. The first-order valence-electron chi connectivity index (χ1n) is 5.88. The maximum atomic E-state index is 11.7. The fourth-order valence-corrected chi connectivity index (χ4v) is 2.13. The van der Waals surface area contributed by atoms with Gasteiger partial charge in [-0.15, -0.1) is 11.6 Å². The summed E-state index contributed by atoms with van der Waals surface area (Å²) in [6.45, 7) is 1.51. The van der Waals surface area contributed by atoms with E-state index in [-0.39, 0.29) is 5.95 Å². The van der Waals surface area contributed by atoms with E-state index in [1.54, 1.807) is 18.2 Å². The van der Waals surface area contributed by atoms with Crippen molar-refractivity contribution in [1.29, 1.82) is 0 Å². The van der Waals surface area contributed by atoms with Crippen LogP contribution in [0.4, 0.5) is 5.95 Å². The van der Waals surface area contributed by atoms with Crippen molar-refractivity contribution in [2.75, 3.05) is 5.32 Å². The van der Waals surface area contributed by atoms with Gasteiger partial charge in [0.1, 0.15) is 5.38 Å². The summed E-state index contributed by atoms with van der Waals surface area (Å²) in [6.07, 6.45) is 0. The predicted molar refractivity (Wildman–Crippen MR) is 84.3 cm³/mol. The normalized spacial score (nSPS) is 12.0. The molecule has 0 spiro atoms. The number of anilines is 1. The zero-order chi connectivity index (χ0) is 15.6. The van der Waals surface area contributed by atoms with Crippen LogP contribution in [0.25, 0.3) is 11.3 Å². The lowest BCUT2D eigenvalue weighted by Crippen LogP contribution is -2.23. The second-order valence-electron chi connectivity index (χ2n) is 4.21. The molecule has 1 amide bonds. The number of aromatic nitrogens is 2. The molecule has 1 heterocycles. The van der Waals surface area contributed by atoms with Crippen LogP contribution < -0.4 is 10.9 Å². The summed E-state index contributed by atoms with van der Waals surface area (Å²) < 4.78 is 0. The number of nitrogens with one attached hydrogen (secondary N) is 2. The van der Waals surface area contributed by atoms with E-state index in [4.69, 9.17) is 34.8 Å². The van der Waals surface area contributed by atoms with Gasteiger partial charge in [-0.05, 0) is 25.1 Å². The van der Waals surface area contributed by atoms with Crippen molar-refractivity contribution >= 4 is 46.7 Å². The molecule has 0 radical (unpaired) electrons. The smallest absolute Gasteiger partial charge is 0.252 e. The van der Waals surface area contributed by atoms with E-state index in [2.05, 4.69) is 15.3 Å². The minimum Gasteiger partial charge on any atom is -0.295 e. The van der Waals surface area contributed by atoms with Crippen LogP contribution in [0, 0.1) is 0 Å². The molecule has 0 saturated heterocycles. The van der Waals surface area contributed by atoms with Gasteiger partial charge in [0.15, 0.2) is 0 Å². The van der Waals surface area contributed by atoms with Crippen molar-refractivity contribution in [2.24, 2.45) is 0 Å². The Morgan fingerprint density at radius 1 is 1.33 bits per heavy atom. The zero-order valence-corrected chi connectivity index (χ0v) is 13.1. The van der Waals surface area contributed by atoms with Crippen molar-refractivity contribution < 1.29 is 4.79 Å². The topological polar surface area (TPSA) is 74.8 Å². The van der Waals surface area contributed by atoms with Crippen LogP contribution in [-0.4, -0.2) is 21.3 Å². The Balaban J connectivity index is 2.43. The Hall–Kier alpha value is -1.56. The molecule has 0 aliphatic rings. The summed E-state index contributed by atoms with van der Waals surface area (Å²) in [6, 6.07) is 6.09. The summed E-state index contributed by atoms with van der Waals surface area (Å²) >= 11 is 17.6. The molecule has 1 aromatic heterocycles. The van der Waals surface area contributed by atoms with Gasteiger partial charge in [0.2, 0.25) is 11.9 Å². The molecular weight excluding hydrogens is 337 g/mol. The Kier molecular flexibility index (Phi) is 4.88. The maximum Gasteiger partial charge on any atom is 0.252 e. The van der Waals surface area contributed by atoms with Crippen molar-refractivity contribution in [3.05, 3.63) is 44.7 Å². The van der Waals surface area contributed by atoms with Crippen LogP contribution in [0.1, 0.15) is 6.92 Å². The van der Waals surface area contributed by atoms with Gasteiger partial charge < -0.3 is 0 Å². The Morgan fingerprint density at radius 3 is 2.67 bits per heavy atom. The number of hydrogen-bond donors (Lipinski definition) is 2. The van der Waals surface area contributed by atoms with E-state index in [0.29, 0.717) is 21.3 Å². The van der Waals surface area contributed by atoms with Crippen LogP contribution in [0.3, 0.4) is 0 Å². The van der Waals surface area contributed by atoms with Crippen molar-refractivity contribution in [1.82, 2.24) is 9.97 Å². The SMILES string of the molecule is CC(Cl)C(=O)Nc1nc(-c2ccc(Cl)cc2Cl)cc(=O)[nH]1. The van der Waals surface area contributed by atoms with Gasteiger partial charge >= 0.3 is 0 Å². The Bertz CT molecular complexity index is 744. The van der Waals surface area contributed by atoms with Crippen molar-refractivity contribution in [3.8, 4) is 11.3 Å². The number of amides is 1. The summed E-state index contributed by atoms with van der Waals surface area (Å²) in [4.78, 5) is 29.8. The third kappa shape index (κ3) is 3.97. The number of nitrogens with zero attached hydrogens (tertiary/aromatic N) is 1. The zero-order valence-electron chi connectivity index (χ0n) is 10.8. The largest absolute Gasteiger partial charge is 0.295 e. The summed E-state index contributed by atoms with van der Waals surface area (Å²) in [5, 5.41) is 2.49.